The van der Waals surface area contributed by atoms with Crippen LogP contribution in [0.25, 0.3) is 0 Å². The number of methoxy groups -OCH3 is 1. The number of hydrogen-bond donors (Lipinski definition) is 1. The van der Waals surface area contributed by atoms with Crippen LogP contribution in [0.15, 0.2) is 30.3 Å². The van der Waals surface area contributed by atoms with Gasteiger partial charge in [-0.1, -0.05) is 42.4 Å². The summed E-state index contributed by atoms with van der Waals surface area (Å²) in [5, 5.41) is 22.0. The van der Waals surface area contributed by atoms with Crippen LogP contribution in [0.1, 0.15) is 37.7 Å². The summed E-state index contributed by atoms with van der Waals surface area (Å²) in [7, 11) is 1.67. The monoisotopic (exact) mass is 345 g/mol. The minimum Gasteiger partial charge on any atom is -0.393 e. The topological polar surface area (TPSA) is 76.3 Å². The minimum atomic E-state index is -0.426. The number of anilines is 1. The van der Waals surface area contributed by atoms with Crippen LogP contribution >= 0.6 is 0 Å². The predicted octanol–water partition coefficient (Wildman–Crippen LogP) is 1.84. The van der Waals surface area contributed by atoms with Crippen LogP contribution in [0, 0.1) is 0 Å². The highest BCUT2D eigenvalue weighted by atomic mass is 16.5. The van der Waals surface area contributed by atoms with Crippen molar-refractivity contribution in [3.8, 4) is 0 Å². The second-order valence-corrected chi connectivity index (χ2v) is 6.71. The molecule has 1 aliphatic heterocycles. The molecular formula is C18H27N5O2. The van der Waals surface area contributed by atoms with Crippen LogP contribution in [-0.2, 0) is 11.3 Å². The smallest absolute Gasteiger partial charge is 0.245 e. The van der Waals surface area contributed by atoms with Crippen molar-refractivity contribution in [1.82, 2.24) is 20.2 Å². The number of hydrogen-bond acceptors (Lipinski definition) is 6. The number of aliphatic hydroxyl groups is 1. The molecule has 0 amide bonds. The Kier molecular flexibility index (Phi) is 5.65. The van der Waals surface area contributed by atoms with E-state index < -0.39 is 5.60 Å². The van der Waals surface area contributed by atoms with E-state index in [2.05, 4.69) is 51.6 Å². The first-order chi connectivity index (χ1) is 12.2. The molecule has 25 heavy (non-hydrogen) atoms. The van der Waals surface area contributed by atoms with Gasteiger partial charge in [-0.15, -0.1) is 0 Å². The molecule has 2 heterocycles. The molecule has 1 fully saturated rings. The first-order valence-electron chi connectivity index (χ1n) is 8.93. The van der Waals surface area contributed by atoms with Gasteiger partial charge in [0.1, 0.15) is 0 Å². The molecule has 2 aromatic rings. The molecular weight excluding hydrogens is 318 g/mol. The number of aromatic nitrogens is 4. The molecule has 7 nitrogen and oxygen atoms in total. The Hall–Kier alpha value is -1.99. The maximum absolute atomic E-state index is 9.60. The van der Waals surface area contributed by atoms with E-state index in [0.29, 0.717) is 5.92 Å². The molecule has 1 saturated heterocycles. The molecule has 1 aromatic carbocycles. The molecule has 0 aliphatic carbocycles. The summed E-state index contributed by atoms with van der Waals surface area (Å²) in [6.07, 6.45) is 2.56. The van der Waals surface area contributed by atoms with Gasteiger partial charge in [-0.25, -0.2) is 4.68 Å². The molecule has 1 N–H and O–H groups in total. The summed E-state index contributed by atoms with van der Waals surface area (Å²) >= 11 is 0. The maximum Gasteiger partial charge on any atom is 0.245 e. The maximum atomic E-state index is 9.60. The second kappa shape index (κ2) is 7.93. The number of ether oxygens (including phenoxy) is 1. The SMILES string of the molecule is CCC(Cn1nnnc1N1CCC(CO)(OC)CC1)c1ccccc1. The van der Waals surface area contributed by atoms with Crippen molar-refractivity contribution in [2.24, 2.45) is 0 Å². The van der Waals surface area contributed by atoms with E-state index in [4.69, 9.17) is 4.74 Å². The standard InChI is InChI=1S/C18H27N5O2/c1-3-15(16-7-5-4-6-8-16)13-23-17(19-20-21-23)22-11-9-18(14-24,25-2)10-12-22/h4-8,15,24H,3,9-14H2,1-2H3. The third kappa shape index (κ3) is 3.82. The van der Waals surface area contributed by atoms with Gasteiger partial charge < -0.3 is 14.7 Å². The van der Waals surface area contributed by atoms with Crippen molar-refractivity contribution in [3.63, 3.8) is 0 Å². The van der Waals surface area contributed by atoms with E-state index in [1.807, 2.05) is 10.7 Å². The zero-order valence-corrected chi connectivity index (χ0v) is 15.0. The quantitative estimate of drug-likeness (QED) is 0.825. The van der Waals surface area contributed by atoms with Gasteiger partial charge in [0.15, 0.2) is 0 Å². The summed E-state index contributed by atoms with van der Waals surface area (Å²) in [4.78, 5) is 2.19. The Morgan fingerprint density at radius 2 is 1.96 bits per heavy atom. The van der Waals surface area contributed by atoms with Gasteiger partial charge in [0.05, 0.1) is 18.8 Å². The minimum absolute atomic E-state index is 0.0498. The van der Waals surface area contributed by atoms with Crippen LogP contribution in [0.3, 0.4) is 0 Å². The van der Waals surface area contributed by atoms with E-state index in [9.17, 15) is 5.11 Å². The Morgan fingerprint density at radius 1 is 1.24 bits per heavy atom. The van der Waals surface area contributed by atoms with Gasteiger partial charge in [-0.3, -0.25) is 0 Å². The Bertz CT molecular complexity index is 646. The first kappa shape index (κ1) is 17.8. The summed E-state index contributed by atoms with van der Waals surface area (Å²) in [5.74, 6) is 1.18. The second-order valence-electron chi connectivity index (χ2n) is 6.71. The number of benzene rings is 1. The van der Waals surface area contributed by atoms with Gasteiger partial charge in [0, 0.05) is 26.1 Å². The molecule has 0 radical (unpaired) electrons. The Balaban J connectivity index is 1.71. The molecule has 0 spiro atoms. The molecule has 136 valence electrons. The number of nitrogens with zero attached hydrogens (tertiary/aromatic N) is 5. The summed E-state index contributed by atoms with van der Waals surface area (Å²) in [5.41, 5.74) is 0.883. The summed E-state index contributed by atoms with van der Waals surface area (Å²) in [6.45, 7) is 4.55. The van der Waals surface area contributed by atoms with Crippen molar-refractivity contribution < 1.29 is 9.84 Å². The number of aliphatic hydroxyl groups excluding tert-OH is 1. The Morgan fingerprint density at radius 3 is 2.56 bits per heavy atom. The number of piperidine rings is 1. The molecule has 7 heteroatoms. The van der Waals surface area contributed by atoms with Crippen molar-refractivity contribution in [1.29, 1.82) is 0 Å². The summed E-state index contributed by atoms with van der Waals surface area (Å²) in [6, 6.07) is 10.5. The van der Waals surface area contributed by atoms with Gasteiger partial charge in [-0.05, 0) is 35.3 Å². The fraction of sp³-hybridized carbons (Fsp3) is 0.611. The molecule has 1 atom stereocenters. The third-order valence-electron chi connectivity index (χ3n) is 5.35. The van der Waals surface area contributed by atoms with Crippen molar-refractivity contribution >= 4 is 5.95 Å². The lowest BCUT2D eigenvalue weighted by Gasteiger charge is -2.39. The number of rotatable bonds is 7. The van der Waals surface area contributed by atoms with Crippen LogP contribution < -0.4 is 4.90 Å². The molecule has 3 rings (SSSR count). The van der Waals surface area contributed by atoms with Crippen LogP contribution in [0.5, 0.6) is 0 Å². The summed E-state index contributed by atoms with van der Waals surface area (Å²) < 4.78 is 7.43. The van der Waals surface area contributed by atoms with Crippen LogP contribution in [0.4, 0.5) is 5.95 Å². The first-order valence-corrected chi connectivity index (χ1v) is 8.93. The van der Waals surface area contributed by atoms with Crippen LogP contribution in [-0.4, -0.2) is 57.7 Å². The van der Waals surface area contributed by atoms with E-state index in [1.54, 1.807) is 7.11 Å². The Labute approximate surface area is 148 Å². The van der Waals surface area contributed by atoms with Gasteiger partial charge in [0.2, 0.25) is 5.95 Å². The van der Waals surface area contributed by atoms with E-state index in [0.717, 1.165) is 44.8 Å². The predicted molar refractivity (Wildman–Crippen MR) is 95.6 cm³/mol. The lowest BCUT2D eigenvalue weighted by atomic mass is 9.92. The van der Waals surface area contributed by atoms with Crippen LogP contribution in [0.2, 0.25) is 0 Å². The molecule has 1 aliphatic rings. The zero-order valence-electron chi connectivity index (χ0n) is 15.0. The van der Waals surface area contributed by atoms with E-state index in [-0.39, 0.29) is 6.61 Å². The number of tetrazole rings is 1. The van der Waals surface area contributed by atoms with Crippen molar-refractivity contribution in [2.45, 2.75) is 44.2 Å². The van der Waals surface area contributed by atoms with E-state index in [1.165, 1.54) is 5.56 Å². The molecule has 0 bridgehead atoms. The highest BCUT2D eigenvalue weighted by molar-refractivity contribution is 5.30. The van der Waals surface area contributed by atoms with Crippen molar-refractivity contribution in [2.75, 3.05) is 31.7 Å². The van der Waals surface area contributed by atoms with E-state index >= 15 is 0 Å². The normalized spacial score (nSPS) is 18.3. The molecule has 1 aromatic heterocycles. The lowest BCUT2D eigenvalue weighted by Crippen LogP contribution is -2.48. The average molecular weight is 345 g/mol. The largest absolute Gasteiger partial charge is 0.393 e. The zero-order chi connectivity index (χ0) is 17.7. The molecule has 0 saturated carbocycles. The highest BCUT2D eigenvalue weighted by Gasteiger charge is 2.35. The highest BCUT2D eigenvalue weighted by Crippen LogP contribution is 2.28. The van der Waals surface area contributed by atoms with Gasteiger partial charge in [-0.2, -0.15) is 0 Å². The van der Waals surface area contributed by atoms with Crippen molar-refractivity contribution in [3.05, 3.63) is 35.9 Å². The average Bonchev–Trinajstić information content (AvgIpc) is 3.15. The molecule has 1 unspecified atom stereocenters. The fourth-order valence-corrected chi connectivity index (χ4v) is 3.49. The lowest BCUT2D eigenvalue weighted by molar-refractivity contribution is -0.0674. The fourth-order valence-electron chi connectivity index (χ4n) is 3.49. The van der Waals surface area contributed by atoms with Gasteiger partial charge >= 0.3 is 0 Å². The van der Waals surface area contributed by atoms with Gasteiger partial charge in [0.25, 0.3) is 0 Å². The third-order valence-corrected chi connectivity index (χ3v) is 5.35.